The van der Waals surface area contributed by atoms with Gasteiger partial charge in [-0.05, 0) is 78.2 Å². The van der Waals surface area contributed by atoms with Gasteiger partial charge in [0.1, 0.15) is 0 Å². The molecule has 2 N–H and O–H groups in total. The monoisotopic (exact) mass is 470 g/mol. The van der Waals surface area contributed by atoms with Crippen LogP contribution in [0.1, 0.15) is 39.8 Å². The van der Waals surface area contributed by atoms with E-state index in [0.29, 0.717) is 30.0 Å². The molecule has 30 heavy (non-hydrogen) atoms. The highest BCUT2D eigenvalue weighted by molar-refractivity contribution is 9.10. The molecular weight excluding hydrogens is 448 g/mol. The molecule has 0 saturated carbocycles. The van der Waals surface area contributed by atoms with Gasteiger partial charge in [0, 0.05) is 5.56 Å². The van der Waals surface area contributed by atoms with Crippen LogP contribution in [-0.4, -0.2) is 33.6 Å². The Bertz CT molecular complexity index is 1070. The zero-order chi connectivity index (χ0) is 21.7. The van der Waals surface area contributed by atoms with Crippen molar-refractivity contribution < 1.29 is 14.6 Å². The molecule has 0 aliphatic carbocycles. The molecule has 1 aromatic heterocycles. The molecule has 0 fully saturated rings. The summed E-state index contributed by atoms with van der Waals surface area (Å²) in [5.41, 5.74) is 6.76. The Morgan fingerprint density at radius 1 is 1.27 bits per heavy atom. The number of aryl methyl sites for hydroxylation is 1. The second kappa shape index (κ2) is 9.58. The minimum atomic E-state index is -0.310. The summed E-state index contributed by atoms with van der Waals surface area (Å²) in [5, 5.41) is 18.2. The Kier molecular flexibility index (Phi) is 6.89. The topological polar surface area (TPSA) is 88.7 Å². The Labute approximate surface area is 183 Å². The number of amides is 1. The standard InChI is InChI=1S/C22H23BrN4O3/c1-4-30-20-11-17(7-10-19(20)28)12-24-25-22(29)18-8-5-16(6-9-18)13-27-15(3)21(23)14(2)26-27/h5-12,28H,4,13H2,1-3H3,(H,25,29)/b24-12+. The molecule has 1 heterocycles. The number of hydrogen-bond acceptors (Lipinski definition) is 5. The van der Waals surface area contributed by atoms with Crippen molar-refractivity contribution in [3.05, 3.63) is 75.0 Å². The van der Waals surface area contributed by atoms with Crippen LogP contribution in [0.4, 0.5) is 0 Å². The number of phenols is 1. The second-order valence-corrected chi connectivity index (χ2v) is 7.49. The molecule has 0 aliphatic rings. The number of hydrazone groups is 1. The molecule has 3 aromatic rings. The Morgan fingerprint density at radius 3 is 2.63 bits per heavy atom. The van der Waals surface area contributed by atoms with Crippen LogP contribution in [0.2, 0.25) is 0 Å². The molecule has 0 saturated heterocycles. The molecule has 8 heteroatoms. The third kappa shape index (κ3) is 5.07. The van der Waals surface area contributed by atoms with E-state index in [-0.39, 0.29) is 11.7 Å². The van der Waals surface area contributed by atoms with E-state index in [4.69, 9.17) is 4.74 Å². The lowest BCUT2D eigenvalue weighted by molar-refractivity contribution is 0.0955. The number of ether oxygens (including phenoxy) is 1. The predicted octanol–water partition coefficient (Wildman–Crippen LogP) is 4.18. The van der Waals surface area contributed by atoms with Crippen LogP contribution >= 0.6 is 15.9 Å². The van der Waals surface area contributed by atoms with Crippen molar-refractivity contribution in [2.45, 2.75) is 27.3 Å². The van der Waals surface area contributed by atoms with Crippen molar-refractivity contribution in [3.8, 4) is 11.5 Å². The van der Waals surface area contributed by atoms with E-state index in [0.717, 1.165) is 21.4 Å². The fourth-order valence-electron chi connectivity index (χ4n) is 2.88. The molecule has 0 radical (unpaired) electrons. The molecule has 1 amide bonds. The third-order valence-corrected chi connectivity index (χ3v) is 5.65. The first-order valence-corrected chi connectivity index (χ1v) is 10.3. The average molecular weight is 471 g/mol. The SMILES string of the molecule is CCOc1cc(/C=N/NC(=O)c2ccc(Cn3nc(C)c(Br)c3C)cc2)ccc1O. The number of hydrogen-bond donors (Lipinski definition) is 2. The van der Waals surface area contributed by atoms with E-state index < -0.39 is 0 Å². The summed E-state index contributed by atoms with van der Waals surface area (Å²) < 4.78 is 8.27. The van der Waals surface area contributed by atoms with Crippen LogP contribution in [-0.2, 0) is 6.54 Å². The molecule has 156 valence electrons. The Hall–Kier alpha value is -3.13. The molecule has 0 atom stereocenters. The fourth-order valence-corrected chi connectivity index (χ4v) is 3.16. The predicted molar refractivity (Wildman–Crippen MR) is 119 cm³/mol. The van der Waals surface area contributed by atoms with Crippen molar-refractivity contribution in [1.82, 2.24) is 15.2 Å². The van der Waals surface area contributed by atoms with Gasteiger partial charge in [0.25, 0.3) is 5.91 Å². The molecule has 7 nitrogen and oxygen atoms in total. The van der Waals surface area contributed by atoms with Crippen LogP contribution in [0.25, 0.3) is 0 Å². The van der Waals surface area contributed by atoms with E-state index in [2.05, 4.69) is 31.6 Å². The van der Waals surface area contributed by atoms with E-state index >= 15 is 0 Å². The van der Waals surface area contributed by atoms with Crippen molar-refractivity contribution in [2.75, 3.05) is 6.61 Å². The second-order valence-electron chi connectivity index (χ2n) is 6.70. The summed E-state index contributed by atoms with van der Waals surface area (Å²) in [7, 11) is 0. The summed E-state index contributed by atoms with van der Waals surface area (Å²) in [5.74, 6) is 0.124. The van der Waals surface area contributed by atoms with Crippen molar-refractivity contribution >= 4 is 28.1 Å². The molecule has 2 aromatic carbocycles. The zero-order valence-electron chi connectivity index (χ0n) is 17.0. The highest BCUT2D eigenvalue weighted by atomic mass is 79.9. The number of nitrogens with one attached hydrogen (secondary N) is 1. The number of aromatic hydroxyl groups is 1. The number of phenolic OH excluding ortho intramolecular Hbond substituents is 1. The van der Waals surface area contributed by atoms with Gasteiger partial charge >= 0.3 is 0 Å². The molecule has 0 spiro atoms. The smallest absolute Gasteiger partial charge is 0.271 e. The van der Waals surface area contributed by atoms with E-state index in [1.165, 1.54) is 12.3 Å². The molecule has 0 aliphatic heterocycles. The van der Waals surface area contributed by atoms with E-state index in [9.17, 15) is 9.90 Å². The fraction of sp³-hybridized carbons (Fsp3) is 0.227. The van der Waals surface area contributed by atoms with Crippen LogP contribution in [0.5, 0.6) is 11.5 Å². The normalized spacial score (nSPS) is 11.1. The third-order valence-electron chi connectivity index (χ3n) is 4.51. The van der Waals surface area contributed by atoms with E-state index in [1.807, 2.05) is 37.6 Å². The van der Waals surface area contributed by atoms with Gasteiger partial charge in [-0.2, -0.15) is 10.2 Å². The van der Waals surface area contributed by atoms with Gasteiger partial charge < -0.3 is 9.84 Å². The molecule has 3 rings (SSSR count). The number of nitrogens with zero attached hydrogens (tertiary/aromatic N) is 3. The van der Waals surface area contributed by atoms with Crippen molar-refractivity contribution in [2.24, 2.45) is 5.10 Å². The number of carbonyl (C=O) groups excluding carboxylic acids is 1. The van der Waals surface area contributed by atoms with Gasteiger partial charge in [-0.15, -0.1) is 0 Å². The van der Waals surface area contributed by atoms with Crippen LogP contribution in [0.3, 0.4) is 0 Å². The van der Waals surface area contributed by atoms with Gasteiger partial charge in [-0.3, -0.25) is 9.48 Å². The highest BCUT2D eigenvalue weighted by Gasteiger charge is 2.10. The van der Waals surface area contributed by atoms with Crippen molar-refractivity contribution in [1.29, 1.82) is 0 Å². The molecule has 0 unspecified atom stereocenters. The molecule has 0 bridgehead atoms. The maximum atomic E-state index is 12.3. The summed E-state index contributed by atoms with van der Waals surface area (Å²) in [6, 6.07) is 12.2. The summed E-state index contributed by atoms with van der Waals surface area (Å²) in [4.78, 5) is 12.3. The molecular formula is C22H23BrN4O3. The highest BCUT2D eigenvalue weighted by Crippen LogP contribution is 2.26. The average Bonchev–Trinajstić information content (AvgIpc) is 2.97. The van der Waals surface area contributed by atoms with E-state index in [1.54, 1.807) is 24.3 Å². The minimum Gasteiger partial charge on any atom is -0.504 e. The lowest BCUT2D eigenvalue weighted by Crippen LogP contribution is -2.17. The lowest BCUT2D eigenvalue weighted by Gasteiger charge is -2.07. The van der Waals surface area contributed by atoms with Gasteiger partial charge in [0.05, 0.1) is 35.2 Å². The Balaban J connectivity index is 1.61. The first-order chi connectivity index (χ1) is 14.4. The maximum absolute atomic E-state index is 12.3. The van der Waals surface area contributed by atoms with Crippen molar-refractivity contribution in [3.63, 3.8) is 0 Å². The van der Waals surface area contributed by atoms with Gasteiger partial charge in [0.2, 0.25) is 0 Å². The quantitative estimate of drug-likeness (QED) is 0.400. The number of aromatic nitrogens is 2. The zero-order valence-corrected chi connectivity index (χ0v) is 18.6. The lowest BCUT2D eigenvalue weighted by atomic mass is 10.1. The Morgan fingerprint density at radius 2 is 2.00 bits per heavy atom. The number of benzene rings is 2. The van der Waals surface area contributed by atoms with Crippen LogP contribution < -0.4 is 10.2 Å². The summed E-state index contributed by atoms with van der Waals surface area (Å²) >= 11 is 3.53. The van der Waals surface area contributed by atoms with Crippen LogP contribution in [0.15, 0.2) is 52.0 Å². The van der Waals surface area contributed by atoms with Gasteiger partial charge in [-0.25, -0.2) is 5.43 Å². The summed E-state index contributed by atoms with van der Waals surface area (Å²) in [6.45, 7) is 6.87. The largest absolute Gasteiger partial charge is 0.504 e. The van der Waals surface area contributed by atoms with Gasteiger partial charge in [-0.1, -0.05) is 12.1 Å². The van der Waals surface area contributed by atoms with Gasteiger partial charge in [0.15, 0.2) is 11.5 Å². The maximum Gasteiger partial charge on any atom is 0.271 e. The number of halogens is 1. The number of carbonyl (C=O) groups is 1. The van der Waals surface area contributed by atoms with Crippen LogP contribution in [0, 0.1) is 13.8 Å². The summed E-state index contributed by atoms with van der Waals surface area (Å²) in [6.07, 6.45) is 1.49. The first-order valence-electron chi connectivity index (χ1n) is 9.46. The first kappa shape index (κ1) is 21.6. The minimum absolute atomic E-state index is 0.0611. The number of rotatable bonds is 7.